The molecule has 0 saturated carbocycles. The average Bonchev–Trinajstić information content (AvgIpc) is 3.20. The molecule has 1 aromatic heterocycles. The number of fused-ring (bicyclic) bond motifs is 1. The van der Waals surface area contributed by atoms with Gasteiger partial charge in [0, 0.05) is 50.2 Å². The van der Waals surface area contributed by atoms with Crippen molar-refractivity contribution >= 4 is 16.8 Å². The minimum absolute atomic E-state index is 0.0227. The van der Waals surface area contributed by atoms with Crippen molar-refractivity contribution in [3.63, 3.8) is 0 Å². The third-order valence-electron chi connectivity index (χ3n) is 5.49. The van der Waals surface area contributed by atoms with Crippen LogP contribution in [-0.4, -0.2) is 89.2 Å². The zero-order chi connectivity index (χ0) is 17.4. The second-order valence-electron chi connectivity index (χ2n) is 7.55. The van der Waals surface area contributed by atoms with Gasteiger partial charge in [-0.3, -0.25) is 9.69 Å². The van der Waals surface area contributed by atoms with Crippen molar-refractivity contribution in [2.45, 2.75) is 12.0 Å². The second kappa shape index (κ2) is 6.44. The van der Waals surface area contributed by atoms with Crippen LogP contribution in [-0.2, 0) is 0 Å². The Labute approximate surface area is 148 Å². The number of hydrogen-bond donors (Lipinski definition) is 2. The fraction of sp³-hybridized carbons (Fsp3) is 0.526. The van der Waals surface area contributed by atoms with Crippen LogP contribution in [0.5, 0.6) is 0 Å². The van der Waals surface area contributed by atoms with Crippen LogP contribution in [0.3, 0.4) is 0 Å². The van der Waals surface area contributed by atoms with E-state index in [0.717, 1.165) is 37.1 Å². The van der Waals surface area contributed by atoms with Crippen LogP contribution >= 0.6 is 0 Å². The van der Waals surface area contributed by atoms with Gasteiger partial charge in [-0.05, 0) is 25.6 Å². The lowest BCUT2D eigenvalue weighted by Crippen LogP contribution is -2.52. The fourth-order valence-electron chi connectivity index (χ4n) is 3.94. The number of nitrogens with one attached hydrogen (secondary N) is 1. The summed E-state index contributed by atoms with van der Waals surface area (Å²) in [6.07, 6.45) is 0.644. The summed E-state index contributed by atoms with van der Waals surface area (Å²) in [5.74, 6) is -0.0227. The highest BCUT2D eigenvalue weighted by molar-refractivity contribution is 5.98. The molecule has 1 aromatic carbocycles. The highest BCUT2D eigenvalue weighted by atomic mass is 16.3. The molecule has 1 atom stereocenters. The molecule has 0 unspecified atom stereocenters. The number of β-amino-alcohol motifs (C(OH)–C–C–N with tert-alkyl or cyclic N) is 1. The van der Waals surface area contributed by atoms with Crippen LogP contribution in [0.4, 0.5) is 0 Å². The second-order valence-corrected chi connectivity index (χ2v) is 7.55. The SMILES string of the molecule is CN1CCN(C[C@]2(O)CCN(C(=O)c3cc4ccccc4[nH]3)C2)CC1. The van der Waals surface area contributed by atoms with Gasteiger partial charge in [0.2, 0.25) is 0 Å². The van der Waals surface area contributed by atoms with Gasteiger partial charge in [0.05, 0.1) is 12.1 Å². The maximum Gasteiger partial charge on any atom is 0.270 e. The lowest BCUT2D eigenvalue weighted by Gasteiger charge is -2.36. The minimum Gasteiger partial charge on any atom is -0.387 e. The third kappa shape index (κ3) is 3.42. The molecule has 2 fully saturated rings. The molecule has 134 valence electrons. The van der Waals surface area contributed by atoms with Crippen LogP contribution < -0.4 is 0 Å². The molecule has 25 heavy (non-hydrogen) atoms. The van der Waals surface area contributed by atoms with Crippen LogP contribution in [0.1, 0.15) is 16.9 Å². The van der Waals surface area contributed by atoms with E-state index in [4.69, 9.17) is 0 Å². The van der Waals surface area contributed by atoms with E-state index in [1.165, 1.54) is 0 Å². The number of para-hydroxylation sites is 1. The number of likely N-dealkylation sites (N-methyl/N-ethyl adjacent to an activating group) is 1. The number of likely N-dealkylation sites (tertiary alicyclic amines) is 1. The van der Waals surface area contributed by atoms with E-state index in [0.29, 0.717) is 31.7 Å². The van der Waals surface area contributed by atoms with Gasteiger partial charge in [-0.1, -0.05) is 18.2 Å². The number of aliphatic hydroxyl groups is 1. The largest absolute Gasteiger partial charge is 0.387 e. The Morgan fingerprint density at radius 1 is 1.20 bits per heavy atom. The highest BCUT2D eigenvalue weighted by Gasteiger charge is 2.40. The van der Waals surface area contributed by atoms with E-state index < -0.39 is 5.60 Å². The van der Waals surface area contributed by atoms with E-state index in [9.17, 15) is 9.90 Å². The number of piperazine rings is 1. The number of amides is 1. The van der Waals surface area contributed by atoms with E-state index >= 15 is 0 Å². The molecule has 0 radical (unpaired) electrons. The maximum atomic E-state index is 12.8. The topological polar surface area (TPSA) is 62.8 Å². The Balaban J connectivity index is 1.41. The van der Waals surface area contributed by atoms with Crippen molar-refractivity contribution in [1.29, 1.82) is 0 Å². The lowest BCUT2D eigenvalue weighted by atomic mass is 10.0. The zero-order valence-electron chi connectivity index (χ0n) is 14.7. The number of carbonyl (C=O) groups is 1. The van der Waals surface area contributed by atoms with Gasteiger partial charge in [-0.25, -0.2) is 0 Å². The fourth-order valence-corrected chi connectivity index (χ4v) is 3.94. The Hall–Kier alpha value is -1.89. The van der Waals surface area contributed by atoms with E-state index in [2.05, 4.69) is 21.8 Å². The standard InChI is InChI=1S/C19H26N4O2/c1-21-8-10-22(11-9-21)13-19(25)6-7-23(14-19)18(24)17-12-15-4-2-3-5-16(15)20-17/h2-5,12,20,25H,6-11,13-14H2,1H3/t19-/m1/s1. The Bertz CT molecular complexity index is 733. The number of carbonyl (C=O) groups excluding carboxylic acids is 1. The number of rotatable bonds is 3. The molecule has 2 saturated heterocycles. The number of benzene rings is 1. The molecule has 2 aliphatic rings. The van der Waals surface area contributed by atoms with Gasteiger partial charge in [-0.2, -0.15) is 0 Å². The van der Waals surface area contributed by atoms with E-state index in [-0.39, 0.29) is 5.91 Å². The van der Waals surface area contributed by atoms with Gasteiger partial charge >= 0.3 is 0 Å². The van der Waals surface area contributed by atoms with Gasteiger partial charge in [-0.15, -0.1) is 0 Å². The molecule has 0 bridgehead atoms. The van der Waals surface area contributed by atoms with Gasteiger partial charge in [0.1, 0.15) is 5.69 Å². The first-order valence-electron chi connectivity index (χ1n) is 9.03. The quantitative estimate of drug-likeness (QED) is 0.873. The summed E-state index contributed by atoms with van der Waals surface area (Å²) in [7, 11) is 2.13. The van der Waals surface area contributed by atoms with Crippen molar-refractivity contribution in [2.75, 3.05) is 52.9 Å². The summed E-state index contributed by atoms with van der Waals surface area (Å²) in [5, 5.41) is 12.0. The van der Waals surface area contributed by atoms with Crippen molar-refractivity contribution in [3.8, 4) is 0 Å². The van der Waals surface area contributed by atoms with E-state index in [1.807, 2.05) is 30.3 Å². The highest BCUT2D eigenvalue weighted by Crippen LogP contribution is 2.25. The molecule has 6 heteroatoms. The zero-order valence-corrected chi connectivity index (χ0v) is 14.7. The first-order valence-corrected chi connectivity index (χ1v) is 9.03. The predicted molar refractivity (Wildman–Crippen MR) is 97.7 cm³/mol. The maximum absolute atomic E-state index is 12.8. The summed E-state index contributed by atoms with van der Waals surface area (Å²) < 4.78 is 0. The van der Waals surface area contributed by atoms with Gasteiger partial charge in [0.25, 0.3) is 5.91 Å². The molecule has 3 heterocycles. The number of aromatic nitrogens is 1. The minimum atomic E-state index is -0.794. The molecule has 1 amide bonds. The number of H-pyrrole nitrogens is 1. The summed E-state index contributed by atoms with van der Waals surface area (Å²) >= 11 is 0. The predicted octanol–water partition coefficient (Wildman–Crippen LogP) is 0.992. The Kier molecular flexibility index (Phi) is 4.27. The normalized spacial score (nSPS) is 25.8. The van der Waals surface area contributed by atoms with Crippen LogP contribution in [0.15, 0.2) is 30.3 Å². The number of nitrogens with zero attached hydrogens (tertiary/aromatic N) is 3. The molecule has 6 nitrogen and oxygen atoms in total. The monoisotopic (exact) mass is 342 g/mol. The molecular weight excluding hydrogens is 316 g/mol. The number of aromatic amines is 1. The summed E-state index contributed by atoms with van der Waals surface area (Å²) in [5.41, 5.74) is 0.778. The van der Waals surface area contributed by atoms with Crippen molar-refractivity contribution in [3.05, 3.63) is 36.0 Å². The van der Waals surface area contributed by atoms with Crippen molar-refractivity contribution < 1.29 is 9.90 Å². The molecule has 4 rings (SSSR count). The van der Waals surface area contributed by atoms with Gasteiger partial charge in [0.15, 0.2) is 0 Å². The molecule has 2 aliphatic heterocycles. The molecule has 2 N–H and O–H groups in total. The Morgan fingerprint density at radius 2 is 1.96 bits per heavy atom. The summed E-state index contributed by atoms with van der Waals surface area (Å²) in [6.45, 7) is 5.70. The first-order chi connectivity index (χ1) is 12.0. The lowest BCUT2D eigenvalue weighted by molar-refractivity contribution is 0.000488. The van der Waals surface area contributed by atoms with Crippen LogP contribution in [0, 0.1) is 0 Å². The smallest absolute Gasteiger partial charge is 0.270 e. The first kappa shape index (κ1) is 16.6. The molecule has 0 spiro atoms. The van der Waals surface area contributed by atoms with Crippen LogP contribution in [0.2, 0.25) is 0 Å². The molecule has 0 aliphatic carbocycles. The summed E-state index contributed by atoms with van der Waals surface area (Å²) in [6, 6.07) is 9.79. The third-order valence-corrected chi connectivity index (χ3v) is 5.49. The van der Waals surface area contributed by atoms with Crippen molar-refractivity contribution in [1.82, 2.24) is 19.7 Å². The molecule has 2 aromatic rings. The molecular formula is C19H26N4O2. The van der Waals surface area contributed by atoms with Crippen LogP contribution in [0.25, 0.3) is 10.9 Å². The number of hydrogen-bond acceptors (Lipinski definition) is 4. The summed E-state index contributed by atoms with van der Waals surface area (Å²) in [4.78, 5) is 22.4. The Morgan fingerprint density at radius 3 is 2.72 bits per heavy atom. The average molecular weight is 342 g/mol. The van der Waals surface area contributed by atoms with Crippen molar-refractivity contribution in [2.24, 2.45) is 0 Å². The van der Waals surface area contributed by atoms with Gasteiger partial charge < -0.3 is 19.9 Å². The van der Waals surface area contributed by atoms with E-state index in [1.54, 1.807) is 4.90 Å².